The smallest absolute Gasteiger partial charge is 0.0598 e. The van der Waals surface area contributed by atoms with Crippen molar-refractivity contribution in [2.45, 2.75) is 6.54 Å². The molecule has 0 fully saturated rings. The number of para-hydroxylation sites is 1. The number of rotatable bonds is 5. The fourth-order valence-electron chi connectivity index (χ4n) is 2.38. The van der Waals surface area contributed by atoms with Crippen molar-refractivity contribution in [1.82, 2.24) is 5.43 Å². The number of hydrazine groups is 1. The summed E-state index contributed by atoms with van der Waals surface area (Å²) in [5, 5.41) is 1.13. The van der Waals surface area contributed by atoms with Crippen molar-refractivity contribution in [3.63, 3.8) is 0 Å². The molecule has 0 aromatic heterocycles. The molecule has 0 aliphatic rings. The highest BCUT2D eigenvalue weighted by molar-refractivity contribution is 6.42. The molecule has 0 spiro atoms. The minimum Gasteiger partial charge on any atom is -0.321 e. The maximum Gasteiger partial charge on any atom is 0.0598 e. The third-order valence-corrected chi connectivity index (χ3v) is 4.27. The highest BCUT2D eigenvalue weighted by atomic mass is 35.5. The van der Waals surface area contributed by atoms with E-state index in [1.54, 1.807) is 0 Å². The lowest BCUT2D eigenvalue weighted by Gasteiger charge is -2.13. The Labute approximate surface area is 146 Å². The molecule has 0 aliphatic heterocycles. The maximum atomic E-state index is 6.14. The Morgan fingerprint density at radius 1 is 0.739 bits per heavy atom. The van der Waals surface area contributed by atoms with E-state index < -0.39 is 0 Å². The lowest BCUT2D eigenvalue weighted by molar-refractivity contribution is 0.803. The summed E-state index contributed by atoms with van der Waals surface area (Å²) in [6.07, 6.45) is 0. The van der Waals surface area contributed by atoms with Crippen LogP contribution in [-0.4, -0.2) is 0 Å². The van der Waals surface area contributed by atoms with Gasteiger partial charge in [-0.3, -0.25) is 0 Å². The first-order valence-electron chi connectivity index (χ1n) is 7.31. The summed E-state index contributed by atoms with van der Waals surface area (Å²) < 4.78 is 0. The van der Waals surface area contributed by atoms with Crippen molar-refractivity contribution in [3.05, 3.63) is 88.4 Å². The predicted molar refractivity (Wildman–Crippen MR) is 98.8 cm³/mol. The number of benzene rings is 3. The molecule has 0 unspecified atom stereocenters. The van der Waals surface area contributed by atoms with Gasteiger partial charge >= 0.3 is 0 Å². The Morgan fingerprint density at radius 2 is 1.48 bits per heavy atom. The van der Waals surface area contributed by atoms with Gasteiger partial charge in [0.15, 0.2) is 0 Å². The van der Waals surface area contributed by atoms with Crippen LogP contribution in [0.1, 0.15) is 5.56 Å². The van der Waals surface area contributed by atoms with Gasteiger partial charge in [-0.15, -0.1) is 0 Å². The second kappa shape index (κ2) is 7.51. The van der Waals surface area contributed by atoms with E-state index in [0.717, 1.165) is 16.8 Å². The molecule has 2 N–H and O–H groups in total. The van der Waals surface area contributed by atoms with E-state index in [2.05, 4.69) is 23.0 Å². The van der Waals surface area contributed by atoms with Crippen LogP contribution in [0.25, 0.3) is 11.1 Å². The van der Waals surface area contributed by atoms with Crippen LogP contribution in [0.3, 0.4) is 0 Å². The third-order valence-electron chi connectivity index (χ3n) is 3.53. The first-order chi connectivity index (χ1) is 11.2. The van der Waals surface area contributed by atoms with E-state index >= 15 is 0 Å². The standard InChI is InChI=1S/C19H16Cl2N2/c20-18-11-10-14(12-19(18)21)17-9-5-4-6-15(17)13-22-23-16-7-2-1-3-8-16/h1-12,22-23H,13H2. The summed E-state index contributed by atoms with van der Waals surface area (Å²) in [4.78, 5) is 0. The topological polar surface area (TPSA) is 24.1 Å². The zero-order valence-electron chi connectivity index (χ0n) is 12.4. The van der Waals surface area contributed by atoms with Crippen molar-refractivity contribution < 1.29 is 0 Å². The molecular formula is C19H16Cl2N2. The number of anilines is 1. The van der Waals surface area contributed by atoms with Gasteiger partial charge in [0.2, 0.25) is 0 Å². The molecule has 2 nitrogen and oxygen atoms in total. The Bertz CT molecular complexity index is 788. The fourth-order valence-corrected chi connectivity index (χ4v) is 2.68. The second-order valence-electron chi connectivity index (χ2n) is 5.13. The average molecular weight is 343 g/mol. The van der Waals surface area contributed by atoms with E-state index in [4.69, 9.17) is 23.2 Å². The van der Waals surface area contributed by atoms with Crippen LogP contribution in [-0.2, 0) is 6.54 Å². The van der Waals surface area contributed by atoms with E-state index in [1.165, 1.54) is 5.56 Å². The molecule has 4 heteroatoms. The molecule has 23 heavy (non-hydrogen) atoms. The normalized spacial score (nSPS) is 10.5. The number of hydrogen-bond acceptors (Lipinski definition) is 2. The molecule has 3 aromatic carbocycles. The average Bonchev–Trinajstić information content (AvgIpc) is 2.59. The zero-order valence-corrected chi connectivity index (χ0v) is 13.9. The molecule has 0 saturated carbocycles. The molecule has 116 valence electrons. The van der Waals surface area contributed by atoms with Crippen LogP contribution in [0, 0.1) is 0 Å². The molecule has 0 aliphatic carbocycles. The second-order valence-corrected chi connectivity index (χ2v) is 5.95. The first kappa shape index (κ1) is 15.9. The van der Waals surface area contributed by atoms with Gasteiger partial charge in [-0.2, -0.15) is 0 Å². The van der Waals surface area contributed by atoms with Crippen LogP contribution < -0.4 is 10.9 Å². The van der Waals surface area contributed by atoms with Crippen LogP contribution in [0.5, 0.6) is 0 Å². The van der Waals surface area contributed by atoms with Crippen molar-refractivity contribution in [2.24, 2.45) is 0 Å². The molecule has 3 aromatic rings. The minimum atomic E-state index is 0.564. The predicted octanol–water partition coefficient (Wildman–Crippen LogP) is 5.78. The number of nitrogens with one attached hydrogen (secondary N) is 2. The van der Waals surface area contributed by atoms with Crippen molar-refractivity contribution in [3.8, 4) is 11.1 Å². The van der Waals surface area contributed by atoms with Gasteiger partial charge in [-0.25, -0.2) is 5.43 Å². The largest absolute Gasteiger partial charge is 0.321 e. The molecular weight excluding hydrogens is 327 g/mol. The monoisotopic (exact) mass is 342 g/mol. The van der Waals surface area contributed by atoms with E-state index in [0.29, 0.717) is 16.6 Å². The highest BCUT2D eigenvalue weighted by Crippen LogP contribution is 2.30. The van der Waals surface area contributed by atoms with E-state index in [9.17, 15) is 0 Å². The van der Waals surface area contributed by atoms with Crippen LogP contribution in [0.4, 0.5) is 5.69 Å². The van der Waals surface area contributed by atoms with Gasteiger partial charge < -0.3 is 5.43 Å². The summed E-state index contributed by atoms with van der Waals surface area (Å²) in [6, 6.07) is 23.9. The van der Waals surface area contributed by atoms with Crippen molar-refractivity contribution in [2.75, 3.05) is 5.43 Å². The Kier molecular flexibility index (Phi) is 5.19. The fraction of sp³-hybridized carbons (Fsp3) is 0.0526. The molecule has 0 bridgehead atoms. The van der Waals surface area contributed by atoms with E-state index in [-0.39, 0.29) is 0 Å². The maximum absolute atomic E-state index is 6.14. The van der Waals surface area contributed by atoms with Gasteiger partial charge in [-0.05, 0) is 41.0 Å². The molecule has 0 heterocycles. The summed E-state index contributed by atoms with van der Waals surface area (Å²) in [5.41, 5.74) is 10.8. The van der Waals surface area contributed by atoms with E-state index in [1.807, 2.05) is 60.7 Å². The minimum absolute atomic E-state index is 0.564. The Hall–Kier alpha value is -2.00. The Balaban J connectivity index is 1.76. The summed E-state index contributed by atoms with van der Waals surface area (Å²) in [7, 11) is 0. The highest BCUT2D eigenvalue weighted by Gasteiger charge is 2.06. The number of halogens is 2. The van der Waals surface area contributed by atoms with Crippen molar-refractivity contribution in [1.29, 1.82) is 0 Å². The molecule has 0 atom stereocenters. The molecule has 3 rings (SSSR count). The van der Waals surface area contributed by atoms with Gasteiger partial charge in [0, 0.05) is 12.2 Å². The summed E-state index contributed by atoms with van der Waals surface area (Å²) in [5.74, 6) is 0. The quantitative estimate of drug-likeness (QED) is 0.574. The van der Waals surface area contributed by atoms with Crippen molar-refractivity contribution >= 4 is 28.9 Å². The summed E-state index contributed by atoms with van der Waals surface area (Å²) in [6.45, 7) is 0.686. The van der Waals surface area contributed by atoms with Gasteiger partial charge in [-0.1, -0.05) is 71.7 Å². The van der Waals surface area contributed by atoms with Gasteiger partial charge in [0.25, 0.3) is 0 Å². The molecule has 0 saturated heterocycles. The van der Waals surface area contributed by atoms with Crippen LogP contribution in [0.2, 0.25) is 10.0 Å². The SMILES string of the molecule is Clc1ccc(-c2ccccc2CNNc2ccccc2)cc1Cl. The first-order valence-corrected chi connectivity index (χ1v) is 8.07. The lowest BCUT2D eigenvalue weighted by atomic mass is 10.00. The zero-order chi connectivity index (χ0) is 16.1. The van der Waals surface area contributed by atoms with Crippen LogP contribution >= 0.6 is 23.2 Å². The molecule has 0 amide bonds. The van der Waals surface area contributed by atoms with Crippen LogP contribution in [0.15, 0.2) is 72.8 Å². The lowest BCUT2D eigenvalue weighted by Crippen LogP contribution is -2.21. The number of hydrogen-bond donors (Lipinski definition) is 2. The Morgan fingerprint density at radius 3 is 2.26 bits per heavy atom. The third kappa shape index (κ3) is 4.05. The summed E-state index contributed by atoms with van der Waals surface area (Å²) >= 11 is 12.1. The van der Waals surface area contributed by atoms with Gasteiger partial charge in [0.1, 0.15) is 0 Å². The molecule has 0 radical (unpaired) electrons. The van der Waals surface area contributed by atoms with Gasteiger partial charge in [0.05, 0.1) is 10.0 Å².